The predicted molar refractivity (Wildman–Crippen MR) is 76.5 cm³/mol. The topological polar surface area (TPSA) is 78.4 Å². The van der Waals surface area contributed by atoms with Gasteiger partial charge in [0.1, 0.15) is 11.6 Å². The number of carbonyl (C=O) groups is 2. The van der Waals surface area contributed by atoms with Gasteiger partial charge in [-0.25, -0.2) is 4.39 Å². The first-order valence-electron chi connectivity index (χ1n) is 6.13. The van der Waals surface area contributed by atoms with Crippen molar-refractivity contribution in [3.8, 4) is 5.75 Å². The van der Waals surface area contributed by atoms with Crippen LogP contribution in [0.2, 0.25) is 0 Å². The second-order valence-corrected chi connectivity index (χ2v) is 4.44. The van der Waals surface area contributed by atoms with Gasteiger partial charge in [-0.05, 0) is 42.8 Å². The van der Waals surface area contributed by atoms with E-state index < -0.39 is 17.6 Å². The van der Waals surface area contributed by atoms with Crippen molar-refractivity contribution >= 4 is 23.2 Å². The highest BCUT2D eigenvalue weighted by atomic mass is 19.1. The molecular formula is C15H13FN2O3. The number of halogens is 1. The molecule has 0 atom stereocenters. The number of amides is 2. The van der Waals surface area contributed by atoms with Crippen LogP contribution in [0.15, 0.2) is 42.5 Å². The summed E-state index contributed by atoms with van der Waals surface area (Å²) >= 11 is 0. The molecule has 2 aromatic carbocycles. The Kier molecular flexibility index (Phi) is 4.18. The molecular weight excluding hydrogens is 275 g/mol. The molecule has 0 saturated heterocycles. The van der Waals surface area contributed by atoms with E-state index >= 15 is 0 Å². The standard InChI is InChI=1S/C15H13FN2O3/c1-9-5-6-13(19)12(7-9)18-15(21)14(20)17-11-4-2-3-10(16)8-11/h2-8,19H,1H3,(H,17,20)(H,18,21). The van der Waals surface area contributed by atoms with Crippen molar-refractivity contribution in [2.75, 3.05) is 10.6 Å². The van der Waals surface area contributed by atoms with Crippen molar-refractivity contribution < 1.29 is 19.1 Å². The molecule has 2 amide bonds. The van der Waals surface area contributed by atoms with Crippen LogP contribution in [-0.4, -0.2) is 16.9 Å². The fourth-order valence-electron chi connectivity index (χ4n) is 1.68. The SMILES string of the molecule is Cc1ccc(O)c(NC(=O)C(=O)Nc2cccc(F)c2)c1. The summed E-state index contributed by atoms with van der Waals surface area (Å²) in [6, 6.07) is 9.79. The van der Waals surface area contributed by atoms with Crippen molar-refractivity contribution in [1.82, 2.24) is 0 Å². The molecule has 0 fully saturated rings. The molecule has 0 radical (unpaired) electrons. The summed E-state index contributed by atoms with van der Waals surface area (Å²) in [5.41, 5.74) is 1.12. The van der Waals surface area contributed by atoms with Crippen LogP contribution in [0.1, 0.15) is 5.56 Å². The first-order chi connectivity index (χ1) is 9.95. The van der Waals surface area contributed by atoms with Crippen LogP contribution < -0.4 is 10.6 Å². The molecule has 0 saturated carbocycles. The largest absolute Gasteiger partial charge is 0.506 e. The summed E-state index contributed by atoms with van der Waals surface area (Å²) in [5.74, 6) is -2.58. The fourth-order valence-corrected chi connectivity index (χ4v) is 1.68. The van der Waals surface area contributed by atoms with E-state index in [0.717, 1.165) is 11.6 Å². The molecule has 0 aliphatic rings. The van der Waals surface area contributed by atoms with Gasteiger partial charge >= 0.3 is 11.8 Å². The lowest BCUT2D eigenvalue weighted by Gasteiger charge is -2.08. The number of hydrogen-bond acceptors (Lipinski definition) is 3. The van der Waals surface area contributed by atoms with Gasteiger partial charge in [0, 0.05) is 5.69 Å². The van der Waals surface area contributed by atoms with E-state index in [1.54, 1.807) is 13.0 Å². The minimum Gasteiger partial charge on any atom is -0.506 e. The number of phenolic OH excluding ortho intramolecular Hbond substituents is 1. The summed E-state index contributed by atoms with van der Waals surface area (Å²) in [7, 11) is 0. The van der Waals surface area contributed by atoms with Gasteiger partial charge in [-0.2, -0.15) is 0 Å². The molecule has 3 N–H and O–H groups in total. The van der Waals surface area contributed by atoms with Crippen LogP contribution in [0.3, 0.4) is 0 Å². The lowest BCUT2D eigenvalue weighted by molar-refractivity contribution is -0.133. The molecule has 0 aliphatic heterocycles. The monoisotopic (exact) mass is 288 g/mol. The molecule has 21 heavy (non-hydrogen) atoms. The van der Waals surface area contributed by atoms with Gasteiger partial charge in [0.05, 0.1) is 5.69 Å². The third-order valence-corrected chi connectivity index (χ3v) is 2.69. The second-order valence-electron chi connectivity index (χ2n) is 4.44. The summed E-state index contributed by atoms with van der Waals surface area (Å²) in [4.78, 5) is 23.4. The maximum absolute atomic E-state index is 13.0. The highest BCUT2D eigenvalue weighted by Crippen LogP contribution is 2.23. The van der Waals surface area contributed by atoms with Gasteiger partial charge in [0.25, 0.3) is 0 Å². The Hall–Kier alpha value is -2.89. The van der Waals surface area contributed by atoms with Crippen molar-refractivity contribution in [2.45, 2.75) is 6.92 Å². The van der Waals surface area contributed by atoms with E-state index in [9.17, 15) is 19.1 Å². The fraction of sp³-hybridized carbons (Fsp3) is 0.0667. The van der Waals surface area contributed by atoms with Crippen LogP contribution in [-0.2, 0) is 9.59 Å². The molecule has 2 rings (SSSR count). The number of phenols is 1. The number of nitrogens with one attached hydrogen (secondary N) is 2. The minimum absolute atomic E-state index is 0.134. The highest BCUT2D eigenvalue weighted by molar-refractivity contribution is 6.43. The van der Waals surface area contributed by atoms with Crippen LogP contribution in [0.5, 0.6) is 5.75 Å². The Bertz CT molecular complexity index is 701. The summed E-state index contributed by atoms with van der Waals surface area (Å²) in [6.45, 7) is 1.78. The Labute approximate surface area is 120 Å². The van der Waals surface area contributed by atoms with E-state index in [1.807, 2.05) is 0 Å². The highest BCUT2D eigenvalue weighted by Gasteiger charge is 2.15. The van der Waals surface area contributed by atoms with Gasteiger partial charge < -0.3 is 15.7 Å². The summed E-state index contributed by atoms with van der Waals surface area (Å²) < 4.78 is 13.0. The Balaban J connectivity index is 2.06. The number of anilines is 2. The average molecular weight is 288 g/mol. The van der Waals surface area contributed by atoms with Crippen molar-refractivity contribution in [1.29, 1.82) is 0 Å². The number of rotatable bonds is 2. The van der Waals surface area contributed by atoms with Gasteiger partial charge in [-0.3, -0.25) is 9.59 Å². The van der Waals surface area contributed by atoms with E-state index in [1.165, 1.54) is 30.3 Å². The molecule has 0 aromatic heterocycles. The molecule has 6 heteroatoms. The predicted octanol–water partition coefficient (Wildman–Crippen LogP) is 2.42. The molecule has 0 bridgehead atoms. The maximum Gasteiger partial charge on any atom is 0.314 e. The number of benzene rings is 2. The maximum atomic E-state index is 13.0. The quantitative estimate of drug-likeness (QED) is 0.586. The van der Waals surface area contributed by atoms with E-state index in [-0.39, 0.29) is 17.1 Å². The van der Waals surface area contributed by atoms with Gasteiger partial charge in [-0.15, -0.1) is 0 Å². The molecule has 108 valence electrons. The summed E-state index contributed by atoms with van der Waals surface area (Å²) in [5, 5.41) is 14.2. The first kappa shape index (κ1) is 14.5. The molecule has 0 aliphatic carbocycles. The molecule has 5 nitrogen and oxygen atoms in total. The Morgan fingerprint density at radius 3 is 2.48 bits per heavy atom. The zero-order valence-corrected chi connectivity index (χ0v) is 11.2. The van der Waals surface area contributed by atoms with Gasteiger partial charge in [0.2, 0.25) is 0 Å². The molecule has 0 spiro atoms. The Morgan fingerprint density at radius 2 is 1.76 bits per heavy atom. The van der Waals surface area contributed by atoms with Crippen molar-refractivity contribution in [2.24, 2.45) is 0 Å². The van der Waals surface area contributed by atoms with E-state index in [4.69, 9.17) is 0 Å². The van der Waals surface area contributed by atoms with Crippen LogP contribution in [0.25, 0.3) is 0 Å². The van der Waals surface area contributed by atoms with E-state index in [0.29, 0.717) is 0 Å². The average Bonchev–Trinajstić information content (AvgIpc) is 2.43. The lowest BCUT2D eigenvalue weighted by Crippen LogP contribution is -2.29. The number of aromatic hydroxyl groups is 1. The van der Waals surface area contributed by atoms with Crippen LogP contribution in [0.4, 0.5) is 15.8 Å². The smallest absolute Gasteiger partial charge is 0.314 e. The zero-order valence-electron chi connectivity index (χ0n) is 11.2. The van der Waals surface area contributed by atoms with Crippen molar-refractivity contribution in [3.05, 3.63) is 53.8 Å². The first-order valence-corrected chi connectivity index (χ1v) is 6.13. The zero-order chi connectivity index (χ0) is 15.4. The van der Waals surface area contributed by atoms with Gasteiger partial charge in [0.15, 0.2) is 0 Å². The third-order valence-electron chi connectivity index (χ3n) is 2.69. The molecule has 0 heterocycles. The van der Waals surface area contributed by atoms with E-state index in [2.05, 4.69) is 10.6 Å². The molecule has 2 aromatic rings. The lowest BCUT2D eigenvalue weighted by atomic mass is 10.2. The summed E-state index contributed by atoms with van der Waals surface area (Å²) in [6.07, 6.45) is 0. The van der Waals surface area contributed by atoms with Crippen LogP contribution in [0, 0.1) is 12.7 Å². The van der Waals surface area contributed by atoms with Gasteiger partial charge in [-0.1, -0.05) is 12.1 Å². The normalized spacial score (nSPS) is 10.0. The second kappa shape index (κ2) is 6.04. The van der Waals surface area contributed by atoms with Crippen LogP contribution >= 0.6 is 0 Å². The minimum atomic E-state index is -0.958. The number of aryl methyl sites for hydroxylation is 1. The van der Waals surface area contributed by atoms with Crippen molar-refractivity contribution in [3.63, 3.8) is 0 Å². The third kappa shape index (κ3) is 3.79. The number of hydrogen-bond donors (Lipinski definition) is 3. The number of carbonyl (C=O) groups excluding carboxylic acids is 2. The Morgan fingerprint density at radius 1 is 1.05 bits per heavy atom. The molecule has 0 unspecified atom stereocenters.